The molecule has 0 aromatic heterocycles. The summed E-state index contributed by atoms with van der Waals surface area (Å²) in [4.78, 5) is 0. The van der Waals surface area contributed by atoms with Gasteiger partial charge >= 0.3 is 0 Å². The Morgan fingerprint density at radius 3 is 1.09 bits per heavy atom. The standard InChI is InChI=1S/C22H47P/c1-4-7-8-9-10-11-12-13-14-15-16-17-18-19-20-21-22(23,5-2)6-3/h4-21,23H2,1-3H3. The van der Waals surface area contributed by atoms with Crippen molar-refractivity contribution in [2.24, 2.45) is 0 Å². The lowest BCUT2D eigenvalue weighted by atomic mass is 9.94. The highest BCUT2D eigenvalue weighted by Gasteiger charge is 2.18. The van der Waals surface area contributed by atoms with Crippen molar-refractivity contribution >= 4 is 9.24 Å². The first-order valence-electron chi connectivity index (χ1n) is 11.0. The fourth-order valence-electron chi connectivity index (χ4n) is 3.45. The molecule has 0 saturated heterocycles. The van der Waals surface area contributed by atoms with Crippen molar-refractivity contribution in [2.75, 3.05) is 0 Å². The van der Waals surface area contributed by atoms with Crippen molar-refractivity contribution in [1.82, 2.24) is 0 Å². The van der Waals surface area contributed by atoms with E-state index in [0.29, 0.717) is 5.16 Å². The van der Waals surface area contributed by atoms with Gasteiger partial charge in [-0.3, -0.25) is 0 Å². The van der Waals surface area contributed by atoms with E-state index in [2.05, 4.69) is 30.0 Å². The molecule has 0 saturated carbocycles. The van der Waals surface area contributed by atoms with E-state index in [0.717, 1.165) is 0 Å². The van der Waals surface area contributed by atoms with Crippen LogP contribution in [0.1, 0.15) is 136 Å². The van der Waals surface area contributed by atoms with E-state index in [1.54, 1.807) is 0 Å². The second kappa shape index (κ2) is 17.3. The molecule has 0 aromatic rings. The van der Waals surface area contributed by atoms with Crippen molar-refractivity contribution < 1.29 is 0 Å². The number of rotatable bonds is 18. The summed E-state index contributed by atoms with van der Waals surface area (Å²) in [5.41, 5.74) is 0. The van der Waals surface area contributed by atoms with Crippen LogP contribution in [0.2, 0.25) is 0 Å². The maximum absolute atomic E-state index is 3.12. The Hall–Kier alpha value is 0.430. The molecule has 1 atom stereocenters. The molecule has 0 rings (SSSR count). The fraction of sp³-hybridized carbons (Fsp3) is 1.00. The monoisotopic (exact) mass is 342 g/mol. The van der Waals surface area contributed by atoms with Crippen molar-refractivity contribution in [3.05, 3.63) is 0 Å². The van der Waals surface area contributed by atoms with Gasteiger partial charge in [-0.25, -0.2) is 0 Å². The van der Waals surface area contributed by atoms with E-state index in [1.807, 2.05) is 0 Å². The van der Waals surface area contributed by atoms with Crippen LogP contribution >= 0.6 is 9.24 Å². The predicted octanol–water partition coefficient (Wildman–Crippen LogP) is 8.68. The third kappa shape index (κ3) is 15.7. The molecule has 0 fully saturated rings. The van der Waals surface area contributed by atoms with Gasteiger partial charge in [-0.2, -0.15) is 0 Å². The van der Waals surface area contributed by atoms with Gasteiger partial charge in [-0.05, 0) is 24.4 Å². The Kier molecular flexibility index (Phi) is 17.6. The normalized spacial score (nSPS) is 12.0. The summed E-state index contributed by atoms with van der Waals surface area (Å²) in [6.45, 7) is 6.97. The Labute approximate surface area is 151 Å². The molecule has 0 N–H and O–H groups in total. The SMILES string of the molecule is CCCCCCCCCCCCCCCCCC(P)(CC)CC. The molecule has 0 nitrogen and oxygen atoms in total. The van der Waals surface area contributed by atoms with E-state index in [4.69, 9.17) is 0 Å². The van der Waals surface area contributed by atoms with Crippen LogP contribution in [0.5, 0.6) is 0 Å². The van der Waals surface area contributed by atoms with Crippen LogP contribution < -0.4 is 0 Å². The molecule has 0 aliphatic rings. The minimum atomic E-state index is 0.538. The van der Waals surface area contributed by atoms with Crippen molar-refractivity contribution in [2.45, 2.75) is 142 Å². The van der Waals surface area contributed by atoms with Gasteiger partial charge < -0.3 is 0 Å². The Bertz CT molecular complexity index is 220. The topological polar surface area (TPSA) is 0 Å². The minimum Gasteiger partial charge on any atom is -0.131 e. The molecule has 0 aliphatic carbocycles. The first-order chi connectivity index (χ1) is 11.2. The number of hydrogen-bond acceptors (Lipinski definition) is 0. The van der Waals surface area contributed by atoms with Gasteiger partial charge in [0.1, 0.15) is 0 Å². The second-order valence-electron chi connectivity index (χ2n) is 7.77. The molecular weight excluding hydrogens is 295 g/mol. The first-order valence-corrected chi connectivity index (χ1v) is 11.5. The molecule has 0 bridgehead atoms. The van der Waals surface area contributed by atoms with Crippen LogP contribution in [0.25, 0.3) is 0 Å². The zero-order chi connectivity index (χ0) is 17.2. The molecule has 0 aromatic carbocycles. The number of hydrogen-bond donors (Lipinski definition) is 0. The maximum Gasteiger partial charge on any atom is -0.0155 e. The number of unbranched alkanes of at least 4 members (excludes halogenated alkanes) is 14. The van der Waals surface area contributed by atoms with Gasteiger partial charge in [0, 0.05) is 0 Å². The molecule has 23 heavy (non-hydrogen) atoms. The molecule has 1 heteroatoms. The van der Waals surface area contributed by atoms with Crippen LogP contribution in [0.3, 0.4) is 0 Å². The maximum atomic E-state index is 3.12. The fourth-order valence-corrected chi connectivity index (χ4v) is 3.66. The average molecular weight is 343 g/mol. The molecule has 0 amide bonds. The zero-order valence-electron chi connectivity index (χ0n) is 16.8. The quantitative estimate of drug-likeness (QED) is 0.173. The molecule has 1 unspecified atom stereocenters. The van der Waals surface area contributed by atoms with Crippen LogP contribution in [0, 0.1) is 0 Å². The first kappa shape index (κ1) is 23.4. The summed E-state index contributed by atoms with van der Waals surface area (Å²) in [7, 11) is 3.12. The highest BCUT2D eigenvalue weighted by atomic mass is 31.0. The lowest BCUT2D eigenvalue weighted by Crippen LogP contribution is -2.17. The summed E-state index contributed by atoms with van der Waals surface area (Å²) in [6.07, 6.45) is 26.0. The third-order valence-electron chi connectivity index (χ3n) is 5.69. The molecular formula is C22H47P. The third-order valence-corrected chi connectivity index (χ3v) is 6.79. The molecule has 0 heterocycles. The Morgan fingerprint density at radius 1 is 0.478 bits per heavy atom. The zero-order valence-corrected chi connectivity index (χ0v) is 18.0. The highest BCUT2D eigenvalue weighted by molar-refractivity contribution is 7.18. The van der Waals surface area contributed by atoms with E-state index in [1.165, 1.54) is 116 Å². The summed E-state index contributed by atoms with van der Waals surface area (Å²) in [6, 6.07) is 0. The van der Waals surface area contributed by atoms with Gasteiger partial charge in [0.05, 0.1) is 0 Å². The molecule has 140 valence electrons. The van der Waals surface area contributed by atoms with E-state index < -0.39 is 0 Å². The van der Waals surface area contributed by atoms with Crippen LogP contribution in [0.15, 0.2) is 0 Å². The lowest BCUT2D eigenvalue weighted by Gasteiger charge is -2.26. The molecule has 0 spiro atoms. The smallest absolute Gasteiger partial charge is 0.0155 e. The van der Waals surface area contributed by atoms with E-state index in [9.17, 15) is 0 Å². The van der Waals surface area contributed by atoms with E-state index in [-0.39, 0.29) is 0 Å². The van der Waals surface area contributed by atoms with Crippen LogP contribution in [-0.4, -0.2) is 5.16 Å². The summed E-state index contributed by atoms with van der Waals surface area (Å²) in [5, 5.41) is 0.538. The summed E-state index contributed by atoms with van der Waals surface area (Å²) < 4.78 is 0. The van der Waals surface area contributed by atoms with Gasteiger partial charge in [0.15, 0.2) is 0 Å². The van der Waals surface area contributed by atoms with Crippen molar-refractivity contribution in [3.8, 4) is 0 Å². The molecule has 0 aliphatic heterocycles. The van der Waals surface area contributed by atoms with E-state index >= 15 is 0 Å². The van der Waals surface area contributed by atoms with Crippen molar-refractivity contribution in [1.29, 1.82) is 0 Å². The second-order valence-corrected chi connectivity index (χ2v) is 8.99. The van der Waals surface area contributed by atoms with Gasteiger partial charge in [0.25, 0.3) is 0 Å². The predicted molar refractivity (Wildman–Crippen MR) is 113 cm³/mol. The Morgan fingerprint density at radius 2 is 0.783 bits per heavy atom. The molecule has 0 radical (unpaired) electrons. The minimum absolute atomic E-state index is 0.538. The van der Waals surface area contributed by atoms with Crippen molar-refractivity contribution in [3.63, 3.8) is 0 Å². The van der Waals surface area contributed by atoms with Gasteiger partial charge in [0.2, 0.25) is 0 Å². The van der Waals surface area contributed by atoms with Gasteiger partial charge in [-0.15, -0.1) is 9.24 Å². The summed E-state index contributed by atoms with van der Waals surface area (Å²) >= 11 is 0. The van der Waals surface area contributed by atoms with Crippen LogP contribution in [-0.2, 0) is 0 Å². The Balaban J connectivity index is 3.14. The lowest BCUT2D eigenvalue weighted by molar-refractivity contribution is 0.465. The largest absolute Gasteiger partial charge is 0.131 e. The highest BCUT2D eigenvalue weighted by Crippen LogP contribution is 2.32. The average Bonchev–Trinajstić information content (AvgIpc) is 2.58. The van der Waals surface area contributed by atoms with Gasteiger partial charge in [-0.1, -0.05) is 117 Å². The van der Waals surface area contributed by atoms with Crippen LogP contribution in [0.4, 0.5) is 0 Å². The summed E-state index contributed by atoms with van der Waals surface area (Å²) in [5.74, 6) is 0.